The van der Waals surface area contributed by atoms with Crippen LogP contribution in [0.15, 0.2) is 12.4 Å². The Labute approximate surface area is 158 Å². The summed E-state index contributed by atoms with van der Waals surface area (Å²) in [6.07, 6.45) is 8.65. The second-order valence-corrected chi connectivity index (χ2v) is 7.88. The number of piperidine rings is 2. The quantitative estimate of drug-likeness (QED) is 0.781. The van der Waals surface area contributed by atoms with Crippen molar-refractivity contribution in [3.05, 3.63) is 18.0 Å². The first-order valence-corrected chi connectivity index (χ1v) is 9.68. The van der Waals surface area contributed by atoms with Gasteiger partial charge in [0.25, 0.3) is 0 Å². The number of carboxylic acid groups (broad SMARTS) is 1. The molecular formula is C19H28N4O4. The molecule has 2 N–H and O–H groups in total. The molecular weight excluding hydrogens is 348 g/mol. The summed E-state index contributed by atoms with van der Waals surface area (Å²) in [5.41, 5.74) is 1.06. The van der Waals surface area contributed by atoms with Crippen molar-refractivity contribution in [3.8, 4) is 0 Å². The van der Waals surface area contributed by atoms with E-state index in [9.17, 15) is 19.5 Å². The van der Waals surface area contributed by atoms with E-state index in [-0.39, 0.29) is 17.2 Å². The molecule has 8 nitrogen and oxygen atoms in total. The summed E-state index contributed by atoms with van der Waals surface area (Å²) in [5, 5.41) is 15.9. The highest BCUT2D eigenvalue weighted by Crippen LogP contribution is 2.40. The van der Waals surface area contributed by atoms with Crippen molar-refractivity contribution in [2.45, 2.75) is 57.9 Å². The zero-order valence-corrected chi connectivity index (χ0v) is 15.8. The van der Waals surface area contributed by atoms with Crippen LogP contribution in [-0.2, 0) is 20.8 Å². The van der Waals surface area contributed by atoms with Gasteiger partial charge in [-0.25, -0.2) is 4.79 Å². The van der Waals surface area contributed by atoms with Crippen LogP contribution in [0.2, 0.25) is 0 Å². The van der Waals surface area contributed by atoms with Gasteiger partial charge in [0.15, 0.2) is 0 Å². The summed E-state index contributed by atoms with van der Waals surface area (Å²) in [4.78, 5) is 39.3. The molecule has 0 bridgehead atoms. The number of nitrogens with one attached hydrogen (secondary N) is 1. The summed E-state index contributed by atoms with van der Waals surface area (Å²) in [6, 6.07) is -0.794. The van der Waals surface area contributed by atoms with Crippen LogP contribution in [-0.4, -0.2) is 68.6 Å². The van der Waals surface area contributed by atoms with Gasteiger partial charge in [-0.1, -0.05) is 0 Å². The standard InChI is InChI=1S/C19H28N4O4/c1-14(18(26)27)23-13-19(6-5-17(23)25)7-9-22(10-8-19)16(24)4-2-3-15-11-20-21-12-15/h11-12,14H,2-10,13H2,1H3,(H,20,21)(H,26,27)/t14-/m1/s1. The molecule has 1 spiro atoms. The maximum Gasteiger partial charge on any atom is 0.326 e. The lowest BCUT2D eigenvalue weighted by Gasteiger charge is -2.48. The normalized spacial score (nSPS) is 20.7. The maximum absolute atomic E-state index is 12.5. The van der Waals surface area contributed by atoms with E-state index in [1.807, 2.05) is 11.1 Å². The number of hydrogen-bond acceptors (Lipinski definition) is 4. The Balaban J connectivity index is 1.49. The number of amides is 2. The highest BCUT2D eigenvalue weighted by molar-refractivity contribution is 5.84. The SMILES string of the molecule is C[C@H](C(=O)O)N1CC2(CCC1=O)CCN(C(=O)CCCc1cn[nH]c1)CC2. The third-order valence-electron chi connectivity index (χ3n) is 6.11. The number of carboxylic acids is 1. The molecule has 3 heterocycles. The minimum atomic E-state index is -0.967. The molecule has 2 aliphatic heterocycles. The molecule has 0 unspecified atom stereocenters. The summed E-state index contributed by atoms with van der Waals surface area (Å²) in [7, 11) is 0. The minimum absolute atomic E-state index is 0.0504. The number of hydrogen-bond donors (Lipinski definition) is 2. The van der Waals surface area contributed by atoms with Gasteiger partial charge < -0.3 is 14.9 Å². The minimum Gasteiger partial charge on any atom is -0.480 e. The van der Waals surface area contributed by atoms with Crippen molar-refractivity contribution >= 4 is 17.8 Å². The molecule has 3 rings (SSSR count). The molecule has 27 heavy (non-hydrogen) atoms. The molecule has 1 atom stereocenters. The van der Waals surface area contributed by atoms with Crippen molar-refractivity contribution in [1.29, 1.82) is 0 Å². The van der Waals surface area contributed by atoms with Crippen LogP contribution in [0.4, 0.5) is 0 Å². The lowest BCUT2D eigenvalue weighted by Crippen LogP contribution is -2.55. The molecule has 2 fully saturated rings. The van der Waals surface area contributed by atoms with E-state index < -0.39 is 12.0 Å². The van der Waals surface area contributed by atoms with Gasteiger partial charge in [0.2, 0.25) is 11.8 Å². The molecule has 1 aromatic heterocycles. The Kier molecular flexibility index (Phi) is 5.82. The fourth-order valence-electron chi connectivity index (χ4n) is 4.19. The number of rotatable bonds is 6. The lowest BCUT2D eigenvalue weighted by molar-refractivity contribution is -0.155. The number of aromatic amines is 1. The summed E-state index contributed by atoms with van der Waals surface area (Å²) < 4.78 is 0. The van der Waals surface area contributed by atoms with Gasteiger partial charge in [-0.2, -0.15) is 5.10 Å². The smallest absolute Gasteiger partial charge is 0.326 e. The van der Waals surface area contributed by atoms with Gasteiger partial charge in [-0.15, -0.1) is 0 Å². The number of likely N-dealkylation sites (tertiary alicyclic amines) is 2. The van der Waals surface area contributed by atoms with Gasteiger partial charge in [-0.3, -0.25) is 14.7 Å². The van der Waals surface area contributed by atoms with Crippen molar-refractivity contribution in [2.24, 2.45) is 5.41 Å². The van der Waals surface area contributed by atoms with E-state index in [1.54, 1.807) is 13.1 Å². The fraction of sp³-hybridized carbons (Fsp3) is 0.684. The monoisotopic (exact) mass is 376 g/mol. The molecule has 0 aliphatic carbocycles. The second-order valence-electron chi connectivity index (χ2n) is 7.88. The number of carbonyl (C=O) groups is 3. The van der Waals surface area contributed by atoms with Crippen LogP contribution in [0.25, 0.3) is 0 Å². The number of nitrogens with zero attached hydrogens (tertiary/aromatic N) is 3. The van der Waals surface area contributed by atoms with Gasteiger partial charge >= 0.3 is 5.97 Å². The molecule has 0 radical (unpaired) electrons. The molecule has 0 saturated carbocycles. The van der Waals surface area contributed by atoms with Gasteiger partial charge in [0.05, 0.1) is 6.20 Å². The lowest BCUT2D eigenvalue weighted by atomic mass is 9.72. The summed E-state index contributed by atoms with van der Waals surface area (Å²) >= 11 is 0. The van der Waals surface area contributed by atoms with Crippen LogP contribution >= 0.6 is 0 Å². The Morgan fingerprint density at radius 3 is 2.70 bits per heavy atom. The topological polar surface area (TPSA) is 107 Å². The molecule has 2 saturated heterocycles. The van der Waals surface area contributed by atoms with Crippen LogP contribution in [0.3, 0.4) is 0 Å². The summed E-state index contributed by atoms with van der Waals surface area (Å²) in [6.45, 7) is 3.43. The van der Waals surface area contributed by atoms with Crippen molar-refractivity contribution in [1.82, 2.24) is 20.0 Å². The third kappa shape index (κ3) is 4.48. The van der Waals surface area contributed by atoms with Gasteiger partial charge in [0.1, 0.15) is 6.04 Å². The Bertz CT molecular complexity index is 680. The molecule has 8 heteroatoms. The third-order valence-corrected chi connectivity index (χ3v) is 6.11. The highest BCUT2D eigenvalue weighted by atomic mass is 16.4. The first-order valence-electron chi connectivity index (χ1n) is 9.68. The number of aromatic nitrogens is 2. The average Bonchev–Trinajstić information content (AvgIpc) is 3.17. The van der Waals surface area contributed by atoms with Gasteiger partial charge in [0, 0.05) is 38.7 Å². The van der Waals surface area contributed by atoms with E-state index in [0.29, 0.717) is 32.5 Å². The Hall–Kier alpha value is -2.38. The fourth-order valence-corrected chi connectivity index (χ4v) is 4.19. The number of aliphatic carboxylic acids is 1. The largest absolute Gasteiger partial charge is 0.480 e. The van der Waals surface area contributed by atoms with E-state index in [2.05, 4.69) is 10.2 Å². The van der Waals surface area contributed by atoms with E-state index in [4.69, 9.17) is 0 Å². The average molecular weight is 376 g/mol. The van der Waals surface area contributed by atoms with Crippen molar-refractivity contribution in [2.75, 3.05) is 19.6 Å². The molecule has 2 amide bonds. The molecule has 2 aliphatic rings. The van der Waals surface area contributed by atoms with Crippen molar-refractivity contribution < 1.29 is 19.5 Å². The van der Waals surface area contributed by atoms with Crippen LogP contribution < -0.4 is 0 Å². The first kappa shape index (κ1) is 19.4. The van der Waals surface area contributed by atoms with E-state index in [1.165, 1.54) is 4.90 Å². The molecule has 0 aromatic carbocycles. The molecule has 148 valence electrons. The highest BCUT2D eigenvalue weighted by Gasteiger charge is 2.43. The number of carbonyl (C=O) groups excluding carboxylic acids is 2. The van der Waals surface area contributed by atoms with E-state index >= 15 is 0 Å². The summed E-state index contributed by atoms with van der Waals surface area (Å²) in [5.74, 6) is -0.866. The number of H-pyrrole nitrogens is 1. The zero-order valence-electron chi connectivity index (χ0n) is 15.8. The molecule has 1 aromatic rings. The Morgan fingerprint density at radius 2 is 2.07 bits per heavy atom. The van der Waals surface area contributed by atoms with Crippen molar-refractivity contribution in [3.63, 3.8) is 0 Å². The zero-order chi connectivity index (χ0) is 19.4. The predicted molar refractivity (Wildman–Crippen MR) is 97.8 cm³/mol. The second kappa shape index (κ2) is 8.10. The maximum atomic E-state index is 12.5. The number of aryl methyl sites for hydroxylation is 1. The van der Waals surface area contributed by atoms with Crippen LogP contribution in [0.1, 0.15) is 51.0 Å². The van der Waals surface area contributed by atoms with Crippen LogP contribution in [0.5, 0.6) is 0 Å². The first-order chi connectivity index (χ1) is 12.9. The van der Waals surface area contributed by atoms with Crippen LogP contribution in [0, 0.1) is 5.41 Å². The predicted octanol–water partition coefficient (Wildman–Crippen LogP) is 1.44. The van der Waals surface area contributed by atoms with Gasteiger partial charge in [-0.05, 0) is 50.0 Å². The van der Waals surface area contributed by atoms with E-state index in [0.717, 1.165) is 37.7 Å². The Morgan fingerprint density at radius 1 is 1.33 bits per heavy atom.